The molecule has 6 nitrogen and oxygen atoms in total. The topological polar surface area (TPSA) is 71.4 Å². The second-order valence-electron chi connectivity index (χ2n) is 4.94. The maximum absolute atomic E-state index is 5.75. The Morgan fingerprint density at radius 3 is 2.67 bits per heavy atom. The molecule has 2 rings (SSSR count). The van der Waals surface area contributed by atoms with Crippen molar-refractivity contribution in [3.05, 3.63) is 5.89 Å². The van der Waals surface area contributed by atoms with Crippen LogP contribution in [0.1, 0.15) is 31.6 Å². The van der Waals surface area contributed by atoms with E-state index in [1.807, 2.05) is 0 Å². The van der Waals surface area contributed by atoms with Crippen molar-refractivity contribution in [3.8, 4) is 0 Å². The van der Waals surface area contributed by atoms with Crippen LogP contribution >= 0.6 is 0 Å². The molecule has 1 unspecified atom stereocenters. The summed E-state index contributed by atoms with van der Waals surface area (Å²) in [6.45, 7) is 6.70. The van der Waals surface area contributed by atoms with E-state index in [1.165, 1.54) is 0 Å². The molecule has 6 heteroatoms. The Labute approximate surface area is 108 Å². The van der Waals surface area contributed by atoms with Crippen molar-refractivity contribution in [2.45, 2.75) is 25.7 Å². The van der Waals surface area contributed by atoms with Crippen LogP contribution in [-0.4, -0.2) is 54.8 Å². The van der Waals surface area contributed by atoms with Gasteiger partial charge in [-0.25, -0.2) is 0 Å². The van der Waals surface area contributed by atoms with Gasteiger partial charge in [-0.15, -0.1) is 0 Å². The summed E-state index contributed by atoms with van der Waals surface area (Å²) in [4.78, 5) is 8.97. The summed E-state index contributed by atoms with van der Waals surface area (Å²) in [5.41, 5.74) is 5.75. The molecule has 1 aliphatic heterocycles. The lowest BCUT2D eigenvalue weighted by molar-refractivity contribution is 0.307. The van der Waals surface area contributed by atoms with E-state index in [9.17, 15) is 0 Å². The Kier molecular flexibility index (Phi) is 4.54. The van der Waals surface area contributed by atoms with Crippen LogP contribution in [0.5, 0.6) is 0 Å². The Hall–Kier alpha value is -1.14. The van der Waals surface area contributed by atoms with Gasteiger partial charge in [0, 0.05) is 32.7 Å². The van der Waals surface area contributed by atoms with Gasteiger partial charge in [-0.05, 0) is 18.6 Å². The first-order valence-corrected chi connectivity index (χ1v) is 6.71. The van der Waals surface area contributed by atoms with Crippen molar-refractivity contribution < 1.29 is 4.52 Å². The Morgan fingerprint density at radius 1 is 1.33 bits per heavy atom. The third-order valence-corrected chi connectivity index (χ3v) is 3.49. The van der Waals surface area contributed by atoms with E-state index in [4.69, 9.17) is 10.3 Å². The van der Waals surface area contributed by atoms with Crippen molar-refractivity contribution in [1.29, 1.82) is 0 Å². The van der Waals surface area contributed by atoms with Crippen molar-refractivity contribution >= 4 is 5.95 Å². The van der Waals surface area contributed by atoms with Gasteiger partial charge in [0.2, 0.25) is 5.89 Å². The van der Waals surface area contributed by atoms with Gasteiger partial charge in [0.05, 0.1) is 5.92 Å². The molecule has 1 saturated heterocycles. The number of hydrogen-bond donors (Lipinski definition) is 1. The third-order valence-electron chi connectivity index (χ3n) is 3.49. The van der Waals surface area contributed by atoms with Crippen molar-refractivity contribution in [3.63, 3.8) is 0 Å². The van der Waals surface area contributed by atoms with Crippen LogP contribution in [0.4, 0.5) is 5.95 Å². The predicted octanol–water partition coefficient (Wildman–Crippen LogP) is 0.664. The van der Waals surface area contributed by atoms with Crippen LogP contribution in [0, 0.1) is 0 Å². The zero-order valence-electron chi connectivity index (χ0n) is 11.3. The van der Waals surface area contributed by atoms with Crippen LogP contribution in [0.15, 0.2) is 4.52 Å². The average Bonchev–Trinajstić information content (AvgIpc) is 2.86. The highest BCUT2D eigenvalue weighted by Crippen LogP contribution is 2.21. The molecule has 1 aromatic rings. The molecule has 18 heavy (non-hydrogen) atoms. The first kappa shape index (κ1) is 13.3. The number of aromatic nitrogens is 2. The Morgan fingerprint density at radius 2 is 2.06 bits per heavy atom. The molecule has 102 valence electrons. The number of anilines is 1. The molecule has 1 aliphatic rings. The van der Waals surface area contributed by atoms with Crippen LogP contribution in [-0.2, 0) is 0 Å². The normalized spacial score (nSPS) is 19.2. The third kappa shape index (κ3) is 3.00. The van der Waals surface area contributed by atoms with Crippen molar-refractivity contribution in [1.82, 2.24) is 15.0 Å². The predicted molar refractivity (Wildman–Crippen MR) is 70.7 cm³/mol. The summed E-state index contributed by atoms with van der Waals surface area (Å²) < 4.78 is 5.35. The molecule has 0 spiro atoms. The molecule has 0 saturated carbocycles. The van der Waals surface area contributed by atoms with Gasteiger partial charge in [-0.2, -0.15) is 4.98 Å². The molecule has 2 N–H and O–H groups in total. The summed E-state index contributed by atoms with van der Waals surface area (Å²) >= 11 is 0. The lowest BCUT2D eigenvalue weighted by Gasteiger charge is -2.31. The zero-order chi connectivity index (χ0) is 13.0. The fourth-order valence-corrected chi connectivity index (χ4v) is 2.22. The highest BCUT2D eigenvalue weighted by Gasteiger charge is 2.22. The lowest BCUT2D eigenvalue weighted by atomic mass is 10.0. The van der Waals surface area contributed by atoms with Gasteiger partial charge in [0.1, 0.15) is 0 Å². The van der Waals surface area contributed by atoms with E-state index in [2.05, 4.69) is 33.9 Å². The fraction of sp³-hybridized carbons (Fsp3) is 0.833. The van der Waals surface area contributed by atoms with Gasteiger partial charge < -0.3 is 20.1 Å². The minimum absolute atomic E-state index is 0.198. The first-order chi connectivity index (χ1) is 8.74. The molecule has 0 radical (unpaired) electrons. The summed E-state index contributed by atoms with van der Waals surface area (Å²) in [5.74, 6) is 1.60. The van der Waals surface area contributed by atoms with Gasteiger partial charge in [-0.3, -0.25) is 0 Å². The SMILES string of the molecule is CCCC(CN)c1nc(N2CCN(C)CC2)no1. The molecule has 0 aliphatic carbocycles. The largest absolute Gasteiger partial charge is 0.337 e. The van der Waals surface area contributed by atoms with Gasteiger partial charge >= 0.3 is 0 Å². The van der Waals surface area contributed by atoms with Crippen LogP contribution in [0.2, 0.25) is 0 Å². The summed E-state index contributed by atoms with van der Waals surface area (Å²) in [6.07, 6.45) is 2.08. The lowest BCUT2D eigenvalue weighted by Crippen LogP contribution is -2.44. The Bertz CT molecular complexity index is 359. The summed E-state index contributed by atoms with van der Waals surface area (Å²) in [6, 6.07) is 0. The van der Waals surface area contributed by atoms with Crippen molar-refractivity contribution in [2.24, 2.45) is 5.73 Å². The molecule has 1 aromatic heterocycles. The molecule has 0 aromatic carbocycles. The fourth-order valence-electron chi connectivity index (χ4n) is 2.22. The average molecular weight is 253 g/mol. The number of rotatable bonds is 5. The molecular formula is C12H23N5O. The standard InChI is InChI=1S/C12H23N5O/c1-3-4-10(9-13)11-14-12(15-18-11)17-7-5-16(2)6-8-17/h10H,3-9,13H2,1-2H3. The highest BCUT2D eigenvalue weighted by atomic mass is 16.5. The number of nitrogens with two attached hydrogens (primary N) is 1. The maximum Gasteiger partial charge on any atom is 0.266 e. The maximum atomic E-state index is 5.75. The van der Waals surface area contributed by atoms with Crippen molar-refractivity contribution in [2.75, 3.05) is 44.7 Å². The van der Waals surface area contributed by atoms with E-state index < -0.39 is 0 Å². The molecular weight excluding hydrogens is 230 g/mol. The first-order valence-electron chi connectivity index (χ1n) is 6.71. The smallest absolute Gasteiger partial charge is 0.266 e. The van der Waals surface area contributed by atoms with E-state index in [0.717, 1.165) is 39.0 Å². The molecule has 2 heterocycles. The van der Waals surface area contributed by atoms with Crippen LogP contribution in [0.25, 0.3) is 0 Å². The Balaban J connectivity index is 2.00. The van der Waals surface area contributed by atoms with Gasteiger partial charge in [0.15, 0.2) is 0 Å². The molecule has 1 atom stereocenters. The summed E-state index contributed by atoms with van der Waals surface area (Å²) in [5, 5.41) is 4.08. The number of likely N-dealkylation sites (N-methyl/N-ethyl adjacent to an activating group) is 1. The second-order valence-corrected chi connectivity index (χ2v) is 4.94. The van der Waals surface area contributed by atoms with Crippen LogP contribution in [0.3, 0.4) is 0 Å². The number of hydrogen-bond acceptors (Lipinski definition) is 6. The van der Waals surface area contributed by atoms with Gasteiger partial charge in [0.25, 0.3) is 5.95 Å². The number of nitrogens with zero attached hydrogens (tertiary/aromatic N) is 4. The van der Waals surface area contributed by atoms with E-state index in [1.54, 1.807) is 0 Å². The number of piperazine rings is 1. The molecule has 1 fully saturated rings. The minimum Gasteiger partial charge on any atom is -0.337 e. The molecule has 0 amide bonds. The highest BCUT2D eigenvalue weighted by molar-refractivity contribution is 5.29. The monoisotopic (exact) mass is 253 g/mol. The zero-order valence-corrected chi connectivity index (χ0v) is 11.3. The van der Waals surface area contributed by atoms with E-state index in [-0.39, 0.29) is 5.92 Å². The second kappa shape index (κ2) is 6.15. The molecule has 0 bridgehead atoms. The van der Waals surface area contributed by atoms with Crippen LogP contribution < -0.4 is 10.6 Å². The van der Waals surface area contributed by atoms with E-state index in [0.29, 0.717) is 18.4 Å². The van der Waals surface area contributed by atoms with Gasteiger partial charge in [-0.1, -0.05) is 13.3 Å². The minimum atomic E-state index is 0.198. The quantitative estimate of drug-likeness (QED) is 0.831. The van der Waals surface area contributed by atoms with E-state index >= 15 is 0 Å². The summed E-state index contributed by atoms with van der Waals surface area (Å²) in [7, 11) is 2.13.